The normalized spacial score (nSPS) is 16.2. The fourth-order valence-electron chi connectivity index (χ4n) is 3.63. The van der Waals surface area contributed by atoms with Gasteiger partial charge in [-0.1, -0.05) is 42.1 Å². The molecule has 0 radical (unpaired) electrons. The van der Waals surface area contributed by atoms with Crippen molar-refractivity contribution in [2.24, 2.45) is 0 Å². The van der Waals surface area contributed by atoms with Crippen LogP contribution in [-0.2, 0) is 16.1 Å². The molecular formula is C22H22N4O2S. The van der Waals surface area contributed by atoms with E-state index >= 15 is 0 Å². The number of thioether (sulfide) groups is 1. The number of aromatic nitrogens is 2. The Morgan fingerprint density at radius 3 is 2.86 bits per heavy atom. The number of carbonyl (C=O) groups excluding carboxylic acids is 2. The van der Waals surface area contributed by atoms with Gasteiger partial charge in [0.25, 0.3) is 0 Å². The maximum absolute atomic E-state index is 13.2. The van der Waals surface area contributed by atoms with Crippen LogP contribution in [0.15, 0.2) is 66.3 Å². The summed E-state index contributed by atoms with van der Waals surface area (Å²) in [6.45, 7) is 6.36. The maximum atomic E-state index is 13.2. The van der Waals surface area contributed by atoms with Gasteiger partial charge in [-0.05, 0) is 31.2 Å². The van der Waals surface area contributed by atoms with E-state index in [0.29, 0.717) is 12.2 Å². The van der Waals surface area contributed by atoms with E-state index in [4.69, 9.17) is 0 Å². The molecule has 4 rings (SSSR count). The molecule has 3 aromatic rings. The van der Waals surface area contributed by atoms with E-state index < -0.39 is 0 Å². The summed E-state index contributed by atoms with van der Waals surface area (Å²) in [6.07, 6.45) is 2.09. The number of hydrogen-bond donors (Lipinski definition) is 1. The number of nitrogens with zero attached hydrogens (tertiary/aromatic N) is 3. The molecule has 1 atom stereocenters. The van der Waals surface area contributed by atoms with E-state index in [1.807, 2.05) is 61.5 Å². The van der Waals surface area contributed by atoms with Gasteiger partial charge in [0.05, 0.1) is 28.2 Å². The second kappa shape index (κ2) is 8.13. The standard InChI is InChI=1S/C22H22N4O2S/c1-3-12-25-18-10-6-4-8-16(18)24-22(25)29-14-21(28)26-15(2)13-20(27)23-17-9-5-7-11-19(17)26/h3-11,15H,1,12-14H2,2H3,(H,23,27). The van der Waals surface area contributed by atoms with Crippen molar-refractivity contribution in [1.29, 1.82) is 0 Å². The summed E-state index contributed by atoms with van der Waals surface area (Å²) in [4.78, 5) is 31.7. The molecule has 2 amide bonds. The first-order chi connectivity index (χ1) is 14.1. The third-order valence-corrected chi connectivity index (χ3v) is 5.85. The summed E-state index contributed by atoms with van der Waals surface area (Å²) >= 11 is 1.41. The van der Waals surface area contributed by atoms with E-state index in [1.54, 1.807) is 4.90 Å². The lowest BCUT2D eigenvalue weighted by atomic mass is 10.2. The molecule has 0 spiro atoms. The van der Waals surface area contributed by atoms with Gasteiger partial charge < -0.3 is 14.8 Å². The molecule has 1 N–H and O–H groups in total. The van der Waals surface area contributed by atoms with E-state index in [9.17, 15) is 9.59 Å². The first kappa shape index (κ1) is 19.3. The Balaban J connectivity index is 1.60. The van der Waals surface area contributed by atoms with Crippen molar-refractivity contribution in [2.45, 2.75) is 31.1 Å². The van der Waals surface area contributed by atoms with Crippen LogP contribution in [0.3, 0.4) is 0 Å². The quantitative estimate of drug-likeness (QED) is 0.512. The molecular weight excluding hydrogens is 384 g/mol. The Labute approximate surface area is 173 Å². The fourth-order valence-corrected chi connectivity index (χ4v) is 4.52. The van der Waals surface area contributed by atoms with Crippen molar-refractivity contribution in [1.82, 2.24) is 9.55 Å². The number of para-hydroxylation sites is 4. The highest BCUT2D eigenvalue weighted by Crippen LogP contribution is 2.32. The molecule has 0 fully saturated rings. The third-order valence-electron chi connectivity index (χ3n) is 4.88. The minimum absolute atomic E-state index is 0.0522. The van der Waals surface area contributed by atoms with Gasteiger partial charge >= 0.3 is 0 Å². The Hall–Kier alpha value is -3.06. The van der Waals surface area contributed by atoms with Crippen molar-refractivity contribution in [3.05, 3.63) is 61.2 Å². The van der Waals surface area contributed by atoms with Crippen LogP contribution in [-0.4, -0.2) is 33.2 Å². The molecule has 7 heteroatoms. The summed E-state index contributed by atoms with van der Waals surface area (Å²) in [7, 11) is 0. The molecule has 6 nitrogen and oxygen atoms in total. The fraction of sp³-hybridized carbons (Fsp3) is 0.227. The zero-order valence-electron chi connectivity index (χ0n) is 16.2. The highest BCUT2D eigenvalue weighted by molar-refractivity contribution is 7.99. The highest BCUT2D eigenvalue weighted by Gasteiger charge is 2.29. The molecule has 1 aromatic heterocycles. The zero-order chi connectivity index (χ0) is 20.4. The predicted molar refractivity (Wildman–Crippen MR) is 117 cm³/mol. The summed E-state index contributed by atoms with van der Waals surface area (Å²) in [5.41, 5.74) is 3.31. The number of rotatable bonds is 5. The van der Waals surface area contributed by atoms with Crippen molar-refractivity contribution in [2.75, 3.05) is 16.0 Å². The molecule has 0 saturated carbocycles. The van der Waals surface area contributed by atoms with Gasteiger partial charge in [-0.2, -0.15) is 0 Å². The SMILES string of the molecule is C=CCn1c(SCC(=O)N2c3ccccc3NC(=O)CC2C)nc2ccccc21. The molecule has 0 saturated heterocycles. The van der Waals surface area contributed by atoms with E-state index in [1.165, 1.54) is 11.8 Å². The van der Waals surface area contributed by atoms with E-state index in [-0.39, 0.29) is 30.0 Å². The minimum atomic E-state index is -0.223. The molecule has 29 heavy (non-hydrogen) atoms. The average Bonchev–Trinajstić information content (AvgIpc) is 2.99. The highest BCUT2D eigenvalue weighted by atomic mass is 32.2. The summed E-state index contributed by atoms with van der Waals surface area (Å²) in [5, 5.41) is 3.67. The van der Waals surface area contributed by atoms with Crippen LogP contribution < -0.4 is 10.2 Å². The van der Waals surface area contributed by atoms with Gasteiger partial charge in [0.1, 0.15) is 0 Å². The second-order valence-corrected chi connectivity index (χ2v) is 7.90. The third kappa shape index (κ3) is 3.78. The number of amides is 2. The Bertz CT molecular complexity index is 1090. The van der Waals surface area contributed by atoms with Crippen LogP contribution in [0, 0.1) is 0 Å². The van der Waals surface area contributed by atoms with Crippen LogP contribution in [0.25, 0.3) is 11.0 Å². The van der Waals surface area contributed by atoms with Crippen molar-refractivity contribution in [3.63, 3.8) is 0 Å². The Morgan fingerprint density at radius 2 is 2.03 bits per heavy atom. The topological polar surface area (TPSA) is 67.2 Å². The van der Waals surface area contributed by atoms with Crippen molar-refractivity contribution >= 4 is 46.0 Å². The monoisotopic (exact) mass is 406 g/mol. The molecule has 0 bridgehead atoms. The smallest absolute Gasteiger partial charge is 0.237 e. The first-order valence-electron chi connectivity index (χ1n) is 9.48. The van der Waals surface area contributed by atoms with Gasteiger partial charge in [-0.25, -0.2) is 4.98 Å². The van der Waals surface area contributed by atoms with Crippen LogP contribution in [0.5, 0.6) is 0 Å². The summed E-state index contributed by atoms with van der Waals surface area (Å²) in [6, 6.07) is 15.1. The van der Waals surface area contributed by atoms with Gasteiger partial charge in [-0.3, -0.25) is 9.59 Å². The lowest BCUT2D eigenvalue weighted by Gasteiger charge is -2.27. The number of allylic oxidation sites excluding steroid dienone is 1. The van der Waals surface area contributed by atoms with Crippen molar-refractivity contribution < 1.29 is 9.59 Å². The first-order valence-corrected chi connectivity index (χ1v) is 10.5. The predicted octanol–water partition coefficient (Wildman–Crippen LogP) is 4.08. The largest absolute Gasteiger partial charge is 0.324 e. The van der Waals surface area contributed by atoms with Gasteiger partial charge in [-0.15, -0.1) is 6.58 Å². The minimum Gasteiger partial charge on any atom is -0.324 e. The Kier molecular flexibility index (Phi) is 5.40. The number of hydrogen-bond acceptors (Lipinski definition) is 4. The molecule has 1 aliphatic rings. The molecule has 2 aromatic carbocycles. The lowest BCUT2D eigenvalue weighted by molar-refractivity contribution is -0.117. The number of nitrogens with one attached hydrogen (secondary N) is 1. The molecule has 2 heterocycles. The second-order valence-electron chi connectivity index (χ2n) is 6.95. The Morgan fingerprint density at radius 1 is 1.28 bits per heavy atom. The van der Waals surface area contributed by atoms with E-state index in [2.05, 4.69) is 21.4 Å². The van der Waals surface area contributed by atoms with Crippen LogP contribution >= 0.6 is 11.8 Å². The van der Waals surface area contributed by atoms with E-state index in [0.717, 1.165) is 21.9 Å². The number of benzene rings is 2. The van der Waals surface area contributed by atoms with Crippen molar-refractivity contribution in [3.8, 4) is 0 Å². The molecule has 1 aliphatic heterocycles. The lowest BCUT2D eigenvalue weighted by Crippen LogP contribution is -2.40. The molecule has 0 aliphatic carbocycles. The number of imidazole rings is 1. The summed E-state index contributed by atoms with van der Waals surface area (Å²) < 4.78 is 2.06. The zero-order valence-corrected chi connectivity index (χ0v) is 17.0. The van der Waals surface area contributed by atoms with Crippen LogP contribution in [0.4, 0.5) is 11.4 Å². The maximum Gasteiger partial charge on any atom is 0.237 e. The van der Waals surface area contributed by atoms with Gasteiger partial charge in [0.2, 0.25) is 11.8 Å². The van der Waals surface area contributed by atoms with Crippen LogP contribution in [0.2, 0.25) is 0 Å². The number of carbonyl (C=O) groups is 2. The number of fused-ring (bicyclic) bond motifs is 2. The average molecular weight is 407 g/mol. The van der Waals surface area contributed by atoms with Gasteiger partial charge in [0, 0.05) is 19.0 Å². The van der Waals surface area contributed by atoms with Gasteiger partial charge in [0.15, 0.2) is 5.16 Å². The summed E-state index contributed by atoms with van der Waals surface area (Å²) in [5.74, 6) is 0.0946. The molecule has 1 unspecified atom stereocenters. The number of anilines is 2. The molecule has 148 valence electrons. The van der Waals surface area contributed by atoms with Crippen LogP contribution in [0.1, 0.15) is 13.3 Å².